The number of aromatic nitrogens is 2. The highest BCUT2D eigenvalue weighted by Gasteiger charge is 2.09. The third-order valence-corrected chi connectivity index (χ3v) is 3.15. The lowest BCUT2D eigenvalue weighted by atomic mass is 10.2. The zero-order valence-corrected chi connectivity index (χ0v) is 9.19. The van der Waals surface area contributed by atoms with E-state index >= 15 is 0 Å². The van der Waals surface area contributed by atoms with Crippen LogP contribution in [0.3, 0.4) is 0 Å². The second-order valence-electron chi connectivity index (χ2n) is 3.33. The molecule has 2 aromatic rings. The van der Waals surface area contributed by atoms with Crippen LogP contribution in [0.1, 0.15) is 31.2 Å². The minimum atomic E-state index is 0.492. The second kappa shape index (κ2) is 3.31. The molecular weight excluding hydrogens is 204 g/mol. The molecule has 0 amide bonds. The fraction of sp³-hybridized carbons (Fsp3) is 0.444. The lowest BCUT2D eigenvalue weighted by molar-refractivity contribution is 0.811. The third-order valence-electron chi connectivity index (χ3n) is 2.02. The van der Waals surface area contributed by atoms with E-state index in [1.165, 1.54) is 5.69 Å². The number of fused-ring (bicyclic) bond motifs is 1. The first-order chi connectivity index (χ1) is 6.22. The molecule has 2 nitrogen and oxygen atoms in total. The highest BCUT2D eigenvalue weighted by Crippen LogP contribution is 2.23. The minimum Gasteiger partial charge on any atom is -0.294 e. The molecule has 0 fully saturated rings. The van der Waals surface area contributed by atoms with Crippen molar-refractivity contribution in [1.82, 2.24) is 9.38 Å². The van der Waals surface area contributed by atoms with Crippen molar-refractivity contribution in [1.29, 1.82) is 0 Å². The lowest BCUT2D eigenvalue weighted by Crippen LogP contribution is -1.91. The van der Waals surface area contributed by atoms with E-state index < -0.39 is 0 Å². The molecule has 0 spiro atoms. The van der Waals surface area contributed by atoms with Crippen LogP contribution in [0.5, 0.6) is 0 Å². The quantitative estimate of drug-likeness (QED) is 0.702. The van der Waals surface area contributed by atoms with Crippen LogP contribution < -0.4 is 0 Å². The van der Waals surface area contributed by atoms with Crippen LogP contribution in [-0.2, 0) is 5.88 Å². The van der Waals surface area contributed by atoms with E-state index in [9.17, 15) is 0 Å². The first-order valence-corrected chi connectivity index (χ1v) is 5.65. The van der Waals surface area contributed by atoms with Gasteiger partial charge in [0.25, 0.3) is 0 Å². The molecule has 2 aromatic heterocycles. The van der Waals surface area contributed by atoms with Crippen LogP contribution in [0.4, 0.5) is 0 Å². The number of alkyl halides is 1. The first kappa shape index (κ1) is 9.03. The van der Waals surface area contributed by atoms with Crippen LogP contribution in [-0.4, -0.2) is 9.38 Å². The summed E-state index contributed by atoms with van der Waals surface area (Å²) < 4.78 is 2.13. The van der Waals surface area contributed by atoms with Gasteiger partial charge in [-0.05, 0) is 5.92 Å². The number of rotatable bonds is 2. The van der Waals surface area contributed by atoms with E-state index in [0.29, 0.717) is 11.8 Å². The predicted molar refractivity (Wildman–Crippen MR) is 56.7 cm³/mol. The molecule has 0 bridgehead atoms. The van der Waals surface area contributed by atoms with Gasteiger partial charge in [0.15, 0.2) is 4.96 Å². The van der Waals surface area contributed by atoms with Gasteiger partial charge in [-0.3, -0.25) is 4.40 Å². The zero-order valence-electron chi connectivity index (χ0n) is 7.62. The van der Waals surface area contributed by atoms with Gasteiger partial charge in [0, 0.05) is 17.3 Å². The molecule has 0 aliphatic rings. The zero-order chi connectivity index (χ0) is 9.42. The van der Waals surface area contributed by atoms with Crippen LogP contribution in [0.15, 0.2) is 11.6 Å². The molecule has 2 rings (SSSR count). The fourth-order valence-corrected chi connectivity index (χ4v) is 2.51. The van der Waals surface area contributed by atoms with Crippen molar-refractivity contribution in [3.63, 3.8) is 0 Å². The van der Waals surface area contributed by atoms with Gasteiger partial charge in [0.05, 0.1) is 11.6 Å². The van der Waals surface area contributed by atoms with Crippen molar-refractivity contribution in [3.05, 3.63) is 23.0 Å². The minimum absolute atomic E-state index is 0.492. The van der Waals surface area contributed by atoms with E-state index in [0.717, 1.165) is 10.7 Å². The molecule has 13 heavy (non-hydrogen) atoms. The molecule has 2 heterocycles. The summed E-state index contributed by atoms with van der Waals surface area (Å²) in [6.45, 7) is 4.36. The van der Waals surface area contributed by atoms with Gasteiger partial charge >= 0.3 is 0 Å². The standard InChI is InChI=1S/C9H11ClN2S/c1-6(2)8-5-13-9-11-7(3-10)4-12(8)9/h4-6H,3H2,1-2H3. The third kappa shape index (κ3) is 1.46. The number of nitrogens with zero attached hydrogens (tertiary/aromatic N) is 2. The molecule has 0 N–H and O–H groups in total. The number of imidazole rings is 1. The van der Waals surface area contributed by atoms with Crippen LogP contribution in [0, 0.1) is 0 Å². The van der Waals surface area contributed by atoms with Crippen molar-refractivity contribution in [2.24, 2.45) is 0 Å². The van der Waals surface area contributed by atoms with Crippen molar-refractivity contribution >= 4 is 27.9 Å². The predicted octanol–water partition coefficient (Wildman–Crippen LogP) is 3.26. The second-order valence-corrected chi connectivity index (χ2v) is 4.44. The van der Waals surface area contributed by atoms with Crippen LogP contribution >= 0.6 is 22.9 Å². The van der Waals surface area contributed by atoms with Crippen LogP contribution in [0.2, 0.25) is 0 Å². The molecule has 4 heteroatoms. The van der Waals surface area contributed by atoms with Gasteiger partial charge in [-0.15, -0.1) is 22.9 Å². The summed E-state index contributed by atoms with van der Waals surface area (Å²) in [5.74, 6) is 1.03. The van der Waals surface area contributed by atoms with Crippen molar-refractivity contribution in [3.8, 4) is 0 Å². The number of halogens is 1. The van der Waals surface area contributed by atoms with Gasteiger partial charge in [-0.25, -0.2) is 4.98 Å². The molecule has 0 aliphatic heterocycles. The average Bonchev–Trinajstić information content (AvgIpc) is 2.59. The van der Waals surface area contributed by atoms with Crippen molar-refractivity contribution in [2.75, 3.05) is 0 Å². The molecule has 0 saturated carbocycles. The van der Waals surface area contributed by atoms with Gasteiger partial charge in [-0.1, -0.05) is 13.8 Å². The van der Waals surface area contributed by atoms with E-state index in [-0.39, 0.29) is 0 Å². The van der Waals surface area contributed by atoms with E-state index in [1.54, 1.807) is 11.3 Å². The molecule has 0 atom stereocenters. The summed E-state index contributed by atoms with van der Waals surface area (Å²) in [5, 5.41) is 2.16. The number of hydrogen-bond donors (Lipinski definition) is 0. The first-order valence-electron chi connectivity index (χ1n) is 4.23. The smallest absolute Gasteiger partial charge is 0.194 e. The Morgan fingerprint density at radius 2 is 2.38 bits per heavy atom. The topological polar surface area (TPSA) is 17.3 Å². The van der Waals surface area contributed by atoms with Gasteiger partial charge in [0.1, 0.15) is 0 Å². The van der Waals surface area contributed by atoms with Gasteiger partial charge in [-0.2, -0.15) is 0 Å². The van der Waals surface area contributed by atoms with Crippen molar-refractivity contribution in [2.45, 2.75) is 25.6 Å². The molecule has 0 radical (unpaired) electrons. The Hall–Kier alpha value is -0.540. The molecule has 0 aliphatic carbocycles. The highest BCUT2D eigenvalue weighted by molar-refractivity contribution is 7.15. The molecular formula is C9H11ClN2S. The molecule has 0 unspecified atom stereocenters. The Morgan fingerprint density at radius 1 is 1.62 bits per heavy atom. The highest BCUT2D eigenvalue weighted by atomic mass is 35.5. The monoisotopic (exact) mass is 214 g/mol. The molecule has 70 valence electrons. The number of thiazole rings is 1. The maximum atomic E-state index is 5.72. The summed E-state index contributed by atoms with van der Waals surface area (Å²) in [5.41, 5.74) is 2.26. The SMILES string of the molecule is CC(C)c1csc2nc(CCl)cn12. The van der Waals surface area contributed by atoms with Gasteiger partial charge in [0.2, 0.25) is 0 Å². The number of hydrogen-bond acceptors (Lipinski definition) is 2. The Bertz CT molecular complexity index is 416. The molecule has 0 aromatic carbocycles. The summed E-state index contributed by atoms with van der Waals surface area (Å²) >= 11 is 7.39. The Kier molecular flexibility index (Phi) is 2.30. The van der Waals surface area contributed by atoms with E-state index in [4.69, 9.17) is 11.6 Å². The summed E-state index contributed by atoms with van der Waals surface area (Å²) in [6.07, 6.45) is 2.02. The lowest BCUT2D eigenvalue weighted by Gasteiger charge is -2.00. The normalized spacial score (nSPS) is 11.7. The average molecular weight is 215 g/mol. The Labute approximate surface area is 86.2 Å². The Morgan fingerprint density at radius 3 is 3.00 bits per heavy atom. The van der Waals surface area contributed by atoms with E-state index in [1.807, 2.05) is 6.20 Å². The van der Waals surface area contributed by atoms with E-state index in [2.05, 4.69) is 28.6 Å². The maximum absolute atomic E-state index is 5.72. The maximum Gasteiger partial charge on any atom is 0.194 e. The summed E-state index contributed by atoms with van der Waals surface area (Å²) in [4.78, 5) is 5.42. The summed E-state index contributed by atoms with van der Waals surface area (Å²) in [7, 11) is 0. The summed E-state index contributed by atoms with van der Waals surface area (Å²) in [6, 6.07) is 0. The Balaban J connectivity index is 2.58. The van der Waals surface area contributed by atoms with Gasteiger partial charge < -0.3 is 0 Å². The fourth-order valence-electron chi connectivity index (χ4n) is 1.33. The largest absolute Gasteiger partial charge is 0.294 e. The van der Waals surface area contributed by atoms with Crippen LogP contribution in [0.25, 0.3) is 4.96 Å². The van der Waals surface area contributed by atoms with Crippen molar-refractivity contribution < 1.29 is 0 Å². The molecule has 0 saturated heterocycles.